The summed E-state index contributed by atoms with van der Waals surface area (Å²) in [6.07, 6.45) is -0.801. The summed E-state index contributed by atoms with van der Waals surface area (Å²) in [5, 5.41) is 6.20. The van der Waals surface area contributed by atoms with Crippen LogP contribution in [0, 0.1) is 0 Å². The number of halogens is 1. The zero-order valence-corrected chi connectivity index (χ0v) is 18.0. The minimum Gasteiger partial charge on any atom is -0.434 e. The first-order valence-electron chi connectivity index (χ1n) is 9.83. The third kappa shape index (κ3) is 6.58. The lowest BCUT2D eigenvalue weighted by Crippen LogP contribution is -2.22. The van der Waals surface area contributed by atoms with Crippen LogP contribution in [-0.4, -0.2) is 24.6 Å². The molecule has 0 unspecified atom stereocenters. The third-order valence-electron chi connectivity index (χ3n) is 4.32. The lowest BCUT2D eigenvalue weighted by atomic mass is 10.1. The largest absolute Gasteiger partial charge is 0.513 e. The second-order valence-electron chi connectivity index (χ2n) is 6.65. The van der Waals surface area contributed by atoms with Crippen molar-refractivity contribution in [1.29, 1.82) is 0 Å². The SMILES string of the molecule is CCOC(=O)Oc1ccc(C(=O)Nc2cccc(CNC(=O)c3ccc(Cl)cc3)c2)cc1. The highest BCUT2D eigenvalue weighted by molar-refractivity contribution is 6.30. The van der Waals surface area contributed by atoms with Crippen molar-refractivity contribution < 1.29 is 23.9 Å². The van der Waals surface area contributed by atoms with Crippen molar-refractivity contribution in [1.82, 2.24) is 5.32 Å². The molecule has 0 radical (unpaired) electrons. The number of rotatable bonds is 7. The highest BCUT2D eigenvalue weighted by Crippen LogP contribution is 2.16. The zero-order valence-electron chi connectivity index (χ0n) is 17.3. The minimum absolute atomic E-state index is 0.212. The Morgan fingerprint density at radius 1 is 0.875 bits per heavy atom. The Morgan fingerprint density at radius 2 is 1.53 bits per heavy atom. The fourth-order valence-electron chi connectivity index (χ4n) is 2.77. The van der Waals surface area contributed by atoms with Crippen molar-refractivity contribution in [2.75, 3.05) is 11.9 Å². The smallest absolute Gasteiger partial charge is 0.434 e. The number of benzene rings is 3. The molecule has 32 heavy (non-hydrogen) atoms. The van der Waals surface area contributed by atoms with E-state index < -0.39 is 6.16 Å². The summed E-state index contributed by atoms with van der Waals surface area (Å²) in [4.78, 5) is 36.1. The molecule has 164 valence electrons. The Hall–Kier alpha value is -3.84. The molecule has 0 aromatic heterocycles. The molecule has 2 amide bonds. The monoisotopic (exact) mass is 452 g/mol. The summed E-state index contributed by atoms with van der Waals surface area (Å²) in [5.41, 5.74) is 2.31. The van der Waals surface area contributed by atoms with Gasteiger partial charge < -0.3 is 20.1 Å². The summed E-state index contributed by atoms with van der Waals surface area (Å²) in [7, 11) is 0. The second-order valence-corrected chi connectivity index (χ2v) is 7.09. The molecule has 2 N–H and O–H groups in total. The number of hydrogen-bond donors (Lipinski definition) is 2. The van der Waals surface area contributed by atoms with Gasteiger partial charge in [0.25, 0.3) is 11.8 Å². The first-order chi connectivity index (χ1) is 15.4. The first kappa shape index (κ1) is 22.8. The van der Waals surface area contributed by atoms with Gasteiger partial charge in [0, 0.05) is 28.4 Å². The number of nitrogens with one attached hydrogen (secondary N) is 2. The van der Waals surface area contributed by atoms with Gasteiger partial charge >= 0.3 is 6.16 Å². The summed E-state index contributed by atoms with van der Waals surface area (Å²) in [6, 6.07) is 19.9. The van der Waals surface area contributed by atoms with Gasteiger partial charge in [0.2, 0.25) is 0 Å². The van der Waals surface area contributed by atoms with Gasteiger partial charge in [-0.25, -0.2) is 4.79 Å². The maximum atomic E-state index is 12.5. The molecule has 8 heteroatoms. The maximum absolute atomic E-state index is 12.5. The molecule has 3 rings (SSSR count). The molecule has 0 fully saturated rings. The molecule has 0 spiro atoms. The van der Waals surface area contributed by atoms with E-state index in [0.717, 1.165) is 5.56 Å². The van der Waals surface area contributed by atoms with Crippen molar-refractivity contribution in [3.63, 3.8) is 0 Å². The Bertz CT molecular complexity index is 1100. The summed E-state index contributed by atoms with van der Waals surface area (Å²) in [6.45, 7) is 2.19. The number of ether oxygens (including phenoxy) is 2. The van der Waals surface area contributed by atoms with Crippen LogP contribution in [0.1, 0.15) is 33.2 Å². The quantitative estimate of drug-likeness (QED) is 0.386. The van der Waals surface area contributed by atoms with Crippen LogP contribution in [0.25, 0.3) is 0 Å². The Labute approximate surface area is 190 Å². The number of amides is 2. The van der Waals surface area contributed by atoms with E-state index in [2.05, 4.69) is 10.6 Å². The number of carbonyl (C=O) groups excluding carboxylic acids is 3. The van der Waals surface area contributed by atoms with Crippen molar-refractivity contribution in [3.8, 4) is 5.75 Å². The van der Waals surface area contributed by atoms with E-state index in [-0.39, 0.29) is 24.2 Å². The molecule has 3 aromatic rings. The maximum Gasteiger partial charge on any atom is 0.513 e. The minimum atomic E-state index is -0.801. The predicted molar refractivity (Wildman–Crippen MR) is 121 cm³/mol. The molecule has 0 aliphatic heterocycles. The van der Waals surface area contributed by atoms with Gasteiger partial charge in [-0.15, -0.1) is 0 Å². The predicted octanol–water partition coefficient (Wildman–Crippen LogP) is 5.06. The lowest BCUT2D eigenvalue weighted by Gasteiger charge is -2.09. The van der Waals surface area contributed by atoms with Crippen molar-refractivity contribution in [2.24, 2.45) is 0 Å². The molecule has 0 aliphatic carbocycles. The normalized spacial score (nSPS) is 10.2. The number of hydrogen-bond acceptors (Lipinski definition) is 5. The second kappa shape index (κ2) is 11.0. The molecule has 3 aromatic carbocycles. The van der Waals surface area contributed by atoms with Gasteiger partial charge in [-0.3, -0.25) is 9.59 Å². The van der Waals surface area contributed by atoms with E-state index in [1.54, 1.807) is 61.5 Å². The van der Waals surface area contributed by atoms with Crippen LogP contribution in [0.5, 0.6) is 5.75 Å². The summed E-state index contributed by atoms with van der Waals surface area (Å²) < 4.78 is 9.68. The van der Waals surface area contributed by atoms with Gasteiger partial charge in [0.15, 0.2) is 0 Å². The number of carbonyl (C=O) groups is 3. The van der Waals surface area contributed by atoms with Crippen molar-refractivity contribution in [2.45, 2.75) is 13.5 Å². The van der Waals surface area contributed by atoms with Crippen molar-refractivity contribution in [3.05, 3.63) is 94.5 Å². The zero-order chi connectivity index (χ0) is 22.9. The Balaban J connectivity index is 1.56. The van der Waals surface area contributed by atoms with Crippen LogP contribution >= 0.6 is 11.6 Å². The summed E-state index contributed by atoms with van der Waals surface area (Å²) in [5.74, 6) is -0.269. The van der Waals surface area contributed by atoms with Gasteiger partial charge in [0.05, 0.1) is 6.61 Å². The van der Waals surface area contributed by atoms with Gasteiger partial charge in [-0.2, -0.15) is 0 Å². The Morgan fingerprint density at radius 3 is 2.22 bits per heavy atom. The average molecular weight is 453 g/mol. The fourth-order valence-corrected chi connectivity index (χ4v) is 2.89. The van der Waals surface area contributed by atoms with E-state index in [1.807, 2.05) is 6.07 Å². The van der Waals surface area contributed by atoms with Gasteiger partial charge in [0.1, 0.15) is 5.75 Å². The van der Waals surface area contributed by atoms with E-state index in [0.29, 0.717) is 28.4 Å². The van der Waals surface area contributed by atoms with Crippen LogP contribution in [0.15, 0.2) is 72.8 Å². The number of anilines is 1. The lowest BCUT2D eigenvalue weighted by molar-refractivity contribution is 0.0949. The van der Waals surface area contributed by atoms with Crippen LogP contribution in [0.3, 0.4) is 0 Å². The molecular weight excluding hydrogens is 432 g/mol. The molecular formula is C24H21ClN2O5. The van der Waals surface area contributed by atoms with Crippen LogP contribution in [-0.2, 0) is 11.3 Å². The molecule has 0 bridgehead atoms. The highest BCUT2D eigenvalue weighted by Gasteiger charge is 2.10. The van der Waals surface area contributed by atoms with Crippen LogP contribution in [0.4, 0.5) is 10.5 Å². The van der Waals surface area contributed by atoms with E-state index in [9.17, 15) is 14.4 Å². The highest BCUT2D eigenvalue weighted by atomic mass is 35.5. The molecule has 7 nitrogen and oxygen atoms in total. The molecule has 0 heterocycles. The van der Waals surface area contributed by atoms with Crippen LogP contribution in [0.2, 0.25) is 5.02 Å². The van der Waals surface area contributed by atoms with Gasteiger partial charge in [-0.05, 0) is 73.2 Å². The van der Waals surface area contributed by atoms with Crippen LogP contribution < -0.4 is 15.4 Å². The third-order valence-corrected chi connectivity index (χ3v) is 4.58. The van der Waals surface area contributed by atoms with Gasteiger partial charge in [-0.1, -0.05) is 23.7 Å². The fraction of sp³-hybridized carbons (Fsp3) is 0.125. The molecule has 0 atom stereocenters. The molecule has 0 saturated heterocycles. The molecule has 0 saturated carbocycles. The van der Waals surface area contributed by atoms with E-state index in [1.165, 1.54) is 12.1 Å². The van der Waals surface area contributed by atoms with E-state index in [4.69, 9.17) is 21.1 Å². The Kier molecular flexibility index (Phi) is 7.83. The molecule has 0 aliphatic rings. The average Bonchev–Trinajstić information content (AvgIpc) is 2.79. The standard InChI is InChI=1S/C24H21ClN2O5/c1-2-31-24(30)32-21-12-8-18(9-13-21)23(29)27-20-5-3-4-16(14-20)15-26-22(28)17-6-10-19(25)11-7-17/h3-14H,2,15H2,1H3,(H,26,28)(H,27,29). The summed E-state index contributed by atoms with van der Waals surface area (Å²) >= 11 is 5.84. The van der Waals surface area contributed by atoms with Crippen molar-refractivity contribution >= 4 is 35.3 Å². The topological polar surface area (TPSA) is 93.7 Å². The van der Waals surface area contributed by atoms with E-state index >= 15 is 0 Å². The first-order valence-corrected chi connectivity index (χ1v) is 10.2.